The van der Waals surface area contributed by atoms with Gasteiger partial charge in [0.15, 0.2) is 11.6 Å². The van der Waals surface area contributed by atoms with Gasteiger partial charge in [-0.15, -0.1) is 0 Å². The standard InChI is InChI=1S/C17H21NO6.C9H15NO4.C8H7ClO2/c1-21-15(19)14-11-18(8-7-17(14)23-9-10-24-17)16(20)22-12-13-5-3-2-4-6-13;1-12-8(11)7-6-10-3-2-9(7)13-4-5-14-9;9-8(10)11-6-7-4-2-1-3-5-7/h2-6,14H,7-12H2,1H3;7,10H,2-6H2,1H3;1-5H,6H2. The van der Waals surface area contributed by atoms with Gasteiger partial charge in [-0.2, -0.15) is 0 Å². The Balaban J connectivity index is 0.000000183. The van der Waals surface area contributed by atoms with Gasteiger partial charge >= 0.3 is 23.5 Å². The van der Waals surface area contributed by atoms with Crippen molar-refractivity contribution in [1.82, 2.24) is 10.2 Å². The molecule has 0 saturated carbocycles. The molecule has 4 heterocycles. The number of hydrogen-bond donors (Lipinski definition) is 1. The summed E-state index contributed by atoms with van der Waals surface area (Å²) >= 11 is 4.97. The SMILES string of the molecule is COC(=O)C1CN(C(=O)OCc2ccccc2)CCC12OCCO2.COC(=O)C1CNCCC12OCCO2.O=C(Cl)OCc1ccccc1. The molecule has 268 valence electrons. The molecule has 2 spiro atoms. The lowest BCUT2D eigenvalue weighted by Crippen LogP contribution is -2.57. The molecular formula is C34H43ClN2O12. The fourth-order valence-electron chi connectivity index (χ4n) is 5.88. The molecule has 4 saturated heterocycles. The number of methoxy groups -OCH3 is 2. The van der Waals surface area contributed by atoms with Crippen LogP contribution in [-0.2, 0) is 60.7 Å². The first-order chi connectivity index (χ1) is 23.7. The maximum absolute atomic E-state index is 12.3. The number of rotatable bonds is 6. The minimum Gasteiger partial charge on any atom is -0.469 e. The predicted octanol–water partition coefficient (Wildman–Crippen LogP) is 3.64. The van der Waals surface area contributed by atoms with Crippen LogP contribution >= 0.6 is 11.6 Å². The summed E-state index contributed by atoms with van der Waals surface area (Å²) in [5.74, 6) is -3.44. The highest BCUT2D eigenvalue weighted by atomic mass is 35.5. The van der Waals surface area contributed by atoms with Gasteiger partial charge < -0.3 is 48.1 Å². The molecule has 4 aliphatic heterocycles. The molecule has 0 bridgehead atoms. The molecule has 15 heteroatoms. The van der Waals surface area contributed by atoms with Crippen LogP contribution in [0.25, 0.3) is 0 Å². The Hall–Kier alpha value is -3.79. The van der Waals surface area contributed by atoms with E-state index in [0.717, 1.165) is 17.7 Å². The number of benzene rings is 2. The summed E-state index contributed by atoms with van der Waals surface area (Å²) in [5, 5.41) is 3.14. The van der Waals surface area contributed by atoms with Gasteiger partial charge in [0.25, 0.3) is 0 Å². The lowest BCUT2D eigenvalue weighted by molar-refractivity contribution is -0.225. The second kappa shape index (κ2) is 18.8. The molecule has 1 N–H and O–H groups in total. The number of likely N-dealkylation sites (tertiary alicyclic amines) is 1. The molecule has 4 fully saturated rings. The molecule has 2 unspecified atom stereocenters. The van der Waals surface area contributed by atoms with Crippen molar-refractivity contribution in [2.24, 2.45) is 11.8 Å². The van der Waals surface area contributed by atoms with E-state index >= 15 is 0 Å². The zero-order valence-corrected chi connectivity index (χ0v) is 28.4. The van der Waals surface area contributed by atoms with Crippen molar-refractivity contribution >= 4 is 35.1 Å². The van der Waals surface area contributed by atoms with E-state index in [1.807, 2.05) is 60.7 Å². The minimum absolute atomic E-state index is 0.153. The summed E-state index contributed by atoms with van der Waals surface area (Å²) in [6, 6.07) is 18.8. The fourth-order valence-corrected chi connectivity index (χ4v) is 5.93. The largest absolute Gasteiger partial charge is 0.469 e. The predicted molar refractivity (Wildman–Crippen MR) is 173 cm³/mol. The van der Waals surface area contributed by atoms with E-state index < -0.39 is 35.0 Å². The zero-order valence-electron chi connectivity index (χ0n) is 27.6. The third kappa shape index (κ3) is 10.6. The second-order valence-electron chi connectivity index (χ2n) is 11.4. The van der Waals surface area contributed by atoms with Crippen molar-refractivity contribution in [3.63, 3.8) is 0 Å². The van der Waals surface area contributed by atoms with E-state index in [1.54, 1.807) is 0 Å². The molecule has 49 heavy (non-hydrogen) atoms. The first kappa shape index (κ1) is 38.0. The molecule has 6 rings (SSSR count). The van der Waals surface area contributed by atoms with Crippen molar-refractivity contribution in [3.05, 3.63) is 71.8 Å². The van der Waals surface area contributed by atoms with Crippen LogP contribution < -0.4 is 5.32 Å². The van der Waals surface area contributed by atoms with Gasteiger partial charge in [0.2, 0.25) is 0 Å². The van der Waals surface area contributed by atoms with E-state index in [9.17, 15) is 19.2 Å². The van der Waals surface area contributed by atoms with Crippen LogP contribution in [0, 0.1) is 11.8 Å². The van der Waals surface area contributed by atoms with E-state index in [1.165, 1.54) is 19.1 Å². The van der Waals surface area contributed by atoms with Gasteiger partial charge in [0.05, 0.1) is 40.6 Å². The van der Waals surface area contributed by atoms with Crippen LogP contribution in [-0.4, -0.2) is 107 Å². The van der Waals surface area contributed by atoms with Crippen LogP contribution in [0.5, 0.6) is 0 Å². The van der Waals surface area contributed by atoms with Crippen molar-refractivity contribution < 1.29 is 57.1 Å². The number of nitrogens with one attached hydrogen (secondary N) is 1. The summed E-state index contributed by atoms with van der Waals surface area (Å²) in [7, 11) is 2.71. The molecule has 2 aromatic rings. The van der Waals surface area contributed by atoms with Crippen LogP contribution in [0.4, 0.5) is 9.59 Å². The summed E-state index contributed by atoms with van der Waals surface area (Å²) < 4.78 is 41.9. The number of hydrogen-bond acceptors (Lipinski definition) is 13. The molecule has 14 nitrogen and oxygen atoms in total. The number of carbonyl (C=O) groups excluding carboxylic acids is 4. The lowest BCUT2D eigenvalue weighted by atomic mass is 9.90. The molecule has 2 atom stereocenters. The average molecular weight is 707 g/mol. The highest BCUT2D eigenvalue weighted by molar-refractivity contribution is 6.61. The van der Waals surface area contributed by atoms with Gasteiger partial charge in [-0.25, -0.2) is 9.59 Å². The van der Waals surface area contributed by atoms with Gasteiger partial charge in [-0.1, -0.05) is 60.7 Å². The first-order valence-electron chi connectivity index (χ1n) is 16.0. The Morgan fingerprint density at radius 1 is 0.755 bits per heavy atom. The van der Waals surface area contributed by atoms with Gasteiger partial charge in [-0.3, -0.25) is 9.59 Å². The third-order valence-electron chi connectivity index (χ3n) is 8.38. The summed E-state index contributed by atoms with van der Waals surface area (Å²) in [4.78, 5) is 47.6. The highest BCUT2D eigenvalue weighted by Crippen LogP contribution is 2.37. The molecular weight excluding hydrogens is 664 g/mol. The van der Waals surface area contributed by atoms with Gasteiger partial charge in [0.1, 0.15) is 25.0 Å². The third-order valence-corrected chi connectivity index (χ3v) is 8.48. The highest BCUT2D eigenvalue weighted by Gasteiger charge is 2.53. The van der Waals surface area contributed by atoms with Gasteiger partial charge in [-0.05, 0) is 11.1 Å². The van der Waals surface area contributed by atoms with Crippen LogP contribution in [0.1, 0.15) is 24.0 Å². The van der Waals surface area contributed by atoms with Crippen molar-refractivity contribution in [1.29, 1.82) is 0 Å². The Morgan fingerprint density at radius 3 is 1.76 bits per heavy atom. The number of carbonyl (C=O) groups is 4. The van der Waals surface area contributed by atoms with Crippen LogP contribution in [0.3, 0.4) is 0 Å². The number of esters is 2. The Morgan fingerprint density at radius 2 is 1.24 bits per heavy atom. The Labute approximate surface area is 290 Å². The molecule has 4 aliphatic rings. The molecule has 1 amide bonds. The van der Waals surface area contributed by atoms with Crippen molar-refractivity contribution in [3.8, 4) is 0 Å². The average Bonchev–Trinajstić information content (AvgIpc) is 3.81. The number of nitrogens with zero attached hydrogens (tertiary/aromatic N) is 1. The number of amides is 1. The lowest BCUT2D eigenvalue weighted by Gasteiger charge is -2.41. The number of ether oxygens (including phenoxy) is 8. The van der Waals surface area contributed by atoms with E-state index in [-0.39, 0.29) is 31.6 Å². The summed E-state index contributed by atoms with van der Waals surface area (Å²) in [5.41, 5.74) is 1.07. The summed E-state index contributed by atoms with van der Waals surface area (Å²) in [6.45, 7) is 4.36. The normalized spacial score (nSPS) is 21.7. The zero-order chi connectivity index (χ0) is 35.1. The van der Waals surface area contributed by atoms with Gasteiger partial charge in [0, 0.05) is 50.6 Å². The molecule has 0 radical (unpaired) electrons. The second-order valence-corrected chi connectivity index (χ2v) is 11.7. The first-order valence-corrected chi connectivity index (χ1v) is 16.3. The van der Waals surface area contributed by atoms with Crippen LogP contribution in [0.2, 0.25) is 0 Å². The maximum Gasteiger partial charge on any atom is 0.410 e. The van der Waals surface area contributed by atoms with E-state index in [2.05, 4.69) is 10.1 Å². The Kier molecular flexibility index (Phi) is 14.6. The Bertz CT molecular complexity index is 1350. The monoisotopic (exact) mass is 706 g/mol. The maximum atomic E-state index is 12.3. The summed E-state index contributed by atoms with van der Waals surface area (Å²) in [6.07, 6.45) is 0.653. The number of piperidine rings is 2. The molecule has 0 aromatic heterocycles. The van der Waals surface area contributed by atoms with Crippen molar-refractivity contribution in [2.75, 3.05) is 66.8 Å². The number of halogens is 1. The minimum atomic E-state index is -0.983. The van der Waals surface area contributed by atoms with E-state index in [4.69, 9.17) is 44.8 Å². The van der Waals surface area contributed by atoms with E-state index in [0.29, 0.717) is 52.4 Å². The fraction of sp³-hybridized carbons (Fsp3) is 0.529. The molecule has 2 aromatic carbocycles. The van der Waals surface area contributed by atoms with Crippen LogP contribution in [0.15, 0.2) is 60.7 Å². The topological polar surface area (TPSA) is 157 Å². The smallest absolute Gasteiger partial charge is 0.410 e. The quantitative estimate of drug-likeness (QED) is 0.264. The van der Waals surface area contributed by atoms with Crippen molar-refractivity contribution in [2.45, 2.75) is 37.6 Å². The molecule has 0 aliphatic carbocycles.